The molecule has 1 N–H and O–H groups in total. The molecule has 5 nitrogen and oxygen atoms in total. The fraction of sp³-hybridized carbons (Fsp3) is 0.333. The molecule has 0 aliphatic carbocycles. The Morgan fingerprint density at radius 2 is 1.91 bits per heavy atom. The molecule has 5 heteroatoms. The highest BCUT2D eigenvalue weighted by Crippen LogP contribution is 2.15. The number of methoxy groups -OCH3 is 1. The Labute approximate surface area is 136 Å². The highest BCUT2D eigenvalue weighted by Gasteiger charge is 2.20. The van der Waals surface area contributed by atoms with Gasteiger partial charge in [0.25, 0.3) is 5.91 Å². The van der Waals surface area contributed by atoms with Crippen molar-refractivity contribution in [3.8, 4) is 5.75 Å². The topological polar surface area (TPSA) is 54.5 Å². The van der Waals surface area contributed by atoms with Crippen molar-refractivity contribution in [3.63, 3.8) is 0 Å². The van der Waals surface area contributed by atoms with Crippen LogP contribution >= 0.6 is 0 Å². The molecule has 1 fully saturated rings. The molecule has 0 bridgehead atoms. The number of amides is 1. The van der Waals surface area contributed by atoms with Gasteiger partial charge < -0.3 is 15.0 Å². The molecule has 1 saturated heterocycles. The smallest absolute Gasteiger partial charge is 0.272 e. The third kappa shape index (κ3) is 3.80. The van der Waals surface area contributed by atoms with Crippen molar-refractivity contribution < 1.29 is 9.53 Å². The van der Waals surface area contributed by atoms with Crippen LogP contribution in [0.1, 0.15) is 28.9 Å². The Morgan fingerprint density at radius 1 is 1.17 bits per heavy atom. The average Bonchev–Trinajstić information content (AvgIpc) is 3.15. The quantitative estimate of drug-likeness (QED) is 0.922. The van der Waals surface area contributed by atoms with Crippen LogP contribution in [0.25, 0.3) is 0 Å². The Kier molecular flexibility index (Phi) is 4.76. The molecule has 1 aliphatic rings. The third-order valence-corrected chi connectivity index (χ3v) is 4.03. The molecule has 0 radical (unpaired) electrons. The molecular weight excluding hydrogens is 290 g/mol. The maximum absolute atomic E-state index is 12.2. The lowest BCUT2D eigenvalue weighted by Crippen LogP contribution is -2.28. The first kappa shape index (κ1) is 15.3. The summed E-state index contributed by atoms with van der Waals surface area (Å²) >= 11 is 0. The summed E-state index contributed by atoms with van der Waals surface area (Å²) in [6, 6.07) is 11.6. The Hall–Kier alpha value is -2.56. The summed E-state index contributed by atoms with van der Waals surface area (Å²) in [6.07, 6.45) is 3.90. The highest BCUT2D eigenvalue weighted by molar-refractivity contribution is 5.92. The lowest BCUT2D eigenvalue weighted by atomic mass is 10.2. The molecule has 23 heavy (non-hydrogen) atoms. The van der Waals surface area contributed by atoms with E-state index in [0.29, 0.717) is 12.2 Å². The summed E-state index contributed by atoms with van der Waals surface area (Å²) in [6.45, 7) is 2.39. The van der Waals surface area contributed by atoms with Gasteiger partial charge in [0, 0.05) is 19.6 Å². The number of likely N-dealkylation sites (tertiary alicyclic amines) is 1. The van der Waals surface area contributed by atoms with E-state index in [9.17, 15) is 4.79 Å². The van der Waals surface area contributed by atoms with Gasteiger partial charge in [0.15, 0.2) is 0 Å². The van der Waals surface area contributed by atoms with Gasteiger partial charge in [-0.3, -0.25) is 4.79 Å². The van der Waals surface area contributed by atoms with Crippen LogP contribution < -0.4 is 10.1 Å². The third-order valence-electron chi connectivity index (χ3n) is 4.03. The van der Waals surface area contributed by atoms with Crippen LogP contribution in [0.3, 0.4) is 0 Å². The molecule has 1 aromatic carbocycles. The van der Waals surface area contributed by atoms with E-state index >= 15 is 0 Å². The van der Waals surface area contributed by atoms with Crippen LogP contribution in [0.5, 0.6) is 5.75 Å². The zero-order valence-corrected chi connectivity index (χ0v) is 13.3. The van der Waals surface area contributed by atoms with Gasteiger partial charge in [-0.2, -0.15) is 0 Å². The number of hydrogen-bond acceptors (Lipinski definition) is 4. The first-order valence-corrected chi connectivity index (χ1v) is 7.88. The number of nitrogens with one attached hydrogen (secondary N) is 1. The van der Waals surface area contributed by atoms with E-state index in [1.165, 1.54) is 0 Å². The number of nitrogens with zero attached hydrogens (tertiary/aromatic N) is 2. The van der Waals surface area contributed by atoms with E-state index in [2.05, 4.69) is 10.3 Å². The van der Waals surface area contributed by atoms with Crippen molar-refractivity contribution >= 4 is 11.6 Å². The number of carbonyl (C=O) groups excluding carboxylic acids is 1. The molecule has 2 heterocycles. The van der Waals surface area contributed by atoms with Crippen molar-refractivity contribution in [2.24, 2.45) is 0 Å². The van der Waals surface area contributed by atoms with E-state index in [4.69, 9.17) is 4.74 Å². The number of hydrogen-bond donors (Lipinski definition) is 1. The molecule has 0 unspecified atom stereocenters. The van der Waals surface area contributed by atoms with Crippen molar-refractivity contribution in [2.45, 2.75) is 19.4 Å². The lowest BCUT2D eigenvalue weighted by Gasteiger charge is -2.14. The molecular formula is C18H21N3O2. The van der Waals surface area contributed by atoms with Crippen LogP contribution in [-0.2, 0) is 6.54 Å². The number of anilines is 1. The Bertz CT molecular complexity index is 647. The minimum atomic E-state index is 0.0317. The van der Waals surface area contributed by atoms with Gasteiger partial charge in [-0.05, 0) is 42.7 Å². The molecule has 3 rings (SSSR count). The van der Waals surface area contributed by atoms with Gasteiger partial charge in [0.05, 0.1) is 19.0 Å². The number of aromatic nitrogens is 1. The first-order chi connectivity index (χ1) is 11.3. The summed E-state index contributed by atoms with van der Waals surface area (Å²) in [5.74, 6) is 0.879. The SMILES string of the molecule is COc1ccc(CNc2ccc(C(=O)N3CCCC3)nc2)cc1. The monoisotopic (exact) mass is 311 g/mol. The van der Waals surface area contributed by atoms with Gasteiger partial charge in [-0.15, -0.1) is 0 Å². The summed E-state index contributed by atoms with van der Waals surface area (Å²) in [5, 5.41) is 3.31. The van der Waals surface area contributed by atoms with E-state index in [-0.39, 0.29) is 5.91 Å². The highest BCUT2D eigenvalue weighted by atomic mass is 16.5. The van der Waals surface area contributed by atoms with E-state index in [1.807, 2.05) is 35.2 Å². The van der Waals surface area contributed by atoms with Gasteiger partial charge >= 0.3 is 0 Å². The predicted octanol–water partition coefficient (Wildman–Crippen LogP) is 2.94. The van der Waals surface area contributed by atoms with Crippen molar-refractivity contribution in [2.75, 3.05) is 25.5 Å². The maximum Gasteiger partial charge on any atom is 0.272 e. The lowest BCUT2D eigenvalue weighted by molar-refractivity contribution is 0.0787. The van der Waals surface area contributed by atoms with Crippen LogP contribution in [0, 0.1) is 0 Å². The second-order valence-electron chi connectivity index (χ2n) is 5.63. The number of rotatable bonds is 5. The molecule has 1 aliphatic heterocycles. The second kappa shape index (κ2) is 7.13. The molecule has 0 spiro atoms. The van der Waals surface area contributed by atoms with E-state index < -0.39 is 0 Å². The Morgan fingerprint density at radius 3 is 2.52 bits per heavy atom. The van der Waals surface area contributed by atoms with Gasteiger partial charge in [-0.1, -0.05) is 12.1 Å². The van der Waals surface area contributed by atoms with Gasteiger partial charge in [0.1, 0.15) is 11.4 Å². The number of benzene rings is 1. The second-order valence-corrected chi connectivity index (χ2v) is 5.63. The molecule has 1 amide bonds. The largest absolute Gasteiger partial charge is 0.497 e. The zero-order chi connectivity index (χ0) is 16.1. The van der Waals surface area contributed by atoms with E-state index in [0.717, 1.165) is 42.9 Å². The van der Waals surface area contributed by atoms with Crippen LogP contribution in [-0.4, -0.2) is 36.0 Å². The van der Waals surface area contributed by atoms with Gasteiger partial charge in [-0.25, -0.2) is 4.98 Å². The van der Waals surface area contributed by atoms with Crippen LogP contribution in [0.2, 0.25) is 0 Å². The standard InChI is InChI=1S/C18H21N3O2/c1-23-16-7-4-14(5-8-16)12-19-15-6-9-17(20-13-15)18(22)21-10-2-3-11-21/h4-9,13,19H,2-3,10-12H2,1H3. The fourth-order valence-corrected chi connectivity index (χ4v) is 2.65. The van der Waals surface area contributed by atoms with Crippen molar-refractivity contribution in [3.05, 3.63) is 53.9 Å². The predicted molar refractivity (Wildman–Crippen MR) is 89.7 cm³/mol. The summed E-state index contributed by atoms with van der Waals surface area (Å²) in [4.78, 5) is 18.4. The first-order valence-electron chi connectivity index (χ1n) is 7.88. The number of ether oxygens (including phenoxy) is 1. The van der Waals surface area contributed by atoms with Crippen molar-refractivity contribution in [1.29, 1.82) is 0 Å². The summed E-state index contributed by atoms with van der Waals surface area (Å²) in [7, 11) is 1.66. The minimum Gasteiger partial charge on any atom is -0.497 e. The Balaban J connectivity index is 1.57. The molecule has 2 aromatic rings. The maximum atomic E-state index is 12.2. The minimum absolute atomic E-state index is 0.0317. The zero-order valence-electron chi connectivity index (χ0n) is 13.3. The molecule has 1 aromatic heterocycles. The number of carbonyl (C=O) groups is 1. The molecule has 120 valence electrons. The average molecular weight is 311 g/mol. The molecule has 0 saturated carbocycles. The molecule has 0 atom stereocenters. The fourth-order valence-electron chi connectivity index (χ4n) is 2.65. The summed E-state index contributed by atoms with van der Waals surface area (Å²) < 4.78 is 5.14. The van der Waals surface area contributed by atoms with E-state index in [1.54, 1.807) is 19.4 Å². The van der Waals surface area contributed by atoms with Gasteiger partial charge in [0.2, 0.25) is 0 Å². The van der Waals surface area contributed by atoms with Crippen LogP contribution in [0.4, 0.5) is 5.69 Å². The van der Waals surface area contributed by atoms with Crippen LogP contribution in [0.15, 0.2) is 42.6 Å². The van der Waals surface area contributed by atoms with Crippen molar-refractivity contribution in [1.82, 2.24) is 9.88 Å². The summed E-state index contributed by atoms with van der Waals surface area (Å²) in [5.41, 5.74) is 2.57. The normalized spacial score (nSPS) is 13.9. The number of pyridine rings is 1.